The summed E-state index contributed by atoms with van der Waals surface area (Å²) in [5, 5.41) is 0. The predicted molar refractivity (Wildman–Crippen MR) is 84.1 cm³/mol. The first-order valence-corrected chi connectivity index (χ1v) is 8.79. The van der Waals surface area contributed by atoms with Crippen LogP contribution >= 0.6 is 0 Å². The monoisotopic (exact) mass is 337 g/mol. The summed E-state index contributed by atoms with van der Waals surface area (Å²) >= 11 is 0. The number of rotatable bonds is 5. The maximum absolute atomic E-state index is 13.1. The minimum atomic E-state index is -3.72. The van der Waals surface area contributed by atoms with Crippen LogP contribution in [0.4, 0.5) is 0 Å². The highest BCUT2D eigenvalue weighted by molar-refractivity contribution is 7.89. The van der Waals surface area contributed by atoms with Crippen molar-refractivity contribution < 1.29 is 22.3 Å². The lowest BCUT2D eigenvalue weighted by molar-refractivity contribution is 0.336. The van der Waals surface area contributed by atoms with Crippen LogP contribution in [0.2, 0.25) is 0 Å². The van der Waals surface area contributed by atoms with Gasteiger partial charge in [-0.05, 0) is 37.1 Å². The Morgan fingerprint density at radius 2 is 2.04 bits per heavy atom. The molecule has 6 nitrogen and oxygen atoms in total. The summed E-state index contributed by atoms with van der Waals surface area (Å²) in [6.45, 7) is 0.452. The van der Waals surface area contributed by atoms with Gasteiger partial charge in [-0.2, -0.15) is 4.31 Å². The number of nitrogens with zero attached hydrogens (tertiary/aromatic N) is 1. The molecule has 0 radical (unpaired) electrons. The number of methoxy groups -OCH3 is 2. The van der Waals surface area contributed by atoms with Gasteiger partial charge in [0.1, 0.15) is 22.2 Å². The van der Waals surface area contributed by atoms with E-state index >= 15 is 0 Å². The second-order valence-electron chi connectivity index (χ2n) is 5.31. The molecule has 7 heteroatoms. The van der Waals surface area contributed by atoms with Crippen LogP contribution in [0.1, 0.15) is 24.6 Å². The van der Waals surface area contributed by atoms with Gasteiger partial charge in [0.15, 0.2) is 0 Å². The van der Waals surface area contributed by atoms with Gasteiger partial charge < -0.3 is 13.9 Å². The summed E-state index contributed by atoms with van der Waals surface area (Å²) in [5.74, 6) is 1.43. The van der Waals surface area contributed by atoms with E-state index in [0.717, 1.165) is 12.8 Å². The van der Waals surface area contributed by atoms with Crippen molar-refractivity contribution in [2.75, 3.05) is 20.8 Å². The molecule has 1 saturated heterocycles. The van der Waals surface area contributed by atoms with Crippen molar-refractivity contribution in [2.24, 2.45) is 0 Å². The van der Waals surface area contributed by atoms with Crippen LogP contribution in [0.5, 0.6) is 11.5 Å². The highest BCUT2D eigenvalue weighted by Crippen LogP contribution is 2.39. The van der Waals surface area contributed by atoms with Gasteiger partial charge in [0.25, 0.3) is 0 Å². The number of hydrogen-bond acceptors (Lipinski definition) is 5. The lowest BCUT2D eigenvalue weighted by Crippen LogP contribution is -2.30. The van der Waals surface area contributed by atoms with Crippen LogP contribution in [0.15, 0.2) is 45.9 Å². The van der Waals surface area contributed by atoms with Gasteiger partial charge in [0, 0.05) is 12.6 Å². The molecule has 0 spiro atoms. The second kappa shape index (κ2) is 6.25. The van der Waals surface area contributed by atoms with Crippen molar-refractivity contribution >= 4 is 10.0 Å². The zero-order valence-electron chi connectivity index (χ0n) is 13.1. The Hall–Kier alpha value is -1.99. The molecule has 0 saturated carbocycles. The molecule has 1 aliphatic heterocycles. The fourth-order valence-electron chi connectivity index (χ4n) is 2.90. The van der Waals surface area contributed by atoms with Crippen LogP contribution < -0.4 is 9.47 Å². The van der Waals surface area contributed by atoms with Crippen LogP contribution in [0.3, 0.4) is 0 Å². The van der Waals surface area contributed by atoms with Crippen molar-refractivity contribution in [3.8, 4) is 11.5 Å². The molecule has 1 atom stereocenters. The molecule has 1 aromatic heterocycles. The minimum Gasteiger partial charge on any atom is -0.497 e. The van der Waals surface area contributed by atoms with Crippen LogP contribution in [0.25, 0.3) is 0 Å². The molecular weight excluding hydrogens is 318 g/mol. The van der Waals surface area contributed by atoms with E-state index < -0.39 is 10.0 Å². The smallest absolute Gasteiger partial charge is 0.247 e. The molecule has 1 unspecified atom stereocenters. The molecule has 1 aromatic carbocycles. The summed E-state index contributed by atoms with van der Waals surface area (Å²) in [7, 11) is -0.768. The maximum Gasteiger partial charge on any atom is 0.247 e. The van der Waals surface area contributed by atoms with Gasteiger partial charge in [-0.3, -0.25) is 0 Å². The maximum atomic E-state index is 13.1. The molecule has 2 aromatic rings. The van der Waals surface area contributed by atoms with E-state index in [4.69, 9.17) is 13.9 Å². The molecule has 3 rings (SSSR count). The number of sulfonamides is 1. The third-order valence-corrected chi connectivity index (χ3v) is 5.96. The molecule has 0 aliphatic carbocycles. The van der Waals surface area contributed by atoms with E-state index in [1.165, 1.54) is 24.6 Å². The van der Waals surface area contributed by atoms with E-state index in [9.17, 15) is 8.42 Å². The quantitative estimate of drug-likeness (QED) is 0.839. The number of furan rings is 1. The summed E-state index contributed by atoms with van der Waals surface area (Å²) in [5.41, 5.74) is 0. The van der Waals surface area contributed by atoms with Gasteiger partial charge in [-0.15, -0.1) is 0 Å². The Balaban J connectivity index is 2.04. The van der Waals surface area contributed by atoms with Crippen molar-refractivity contribution in [3.63, 3.8) is 0 Å². The first-order chi connectivity index (χ1) is 11.1. The molecule has 0 bridgehead atoms. The first-order valence-electron chi connectivity index (χ1n) is 7.35. The number of ether oxygens (including phenoxy) is 2. The predicted octanol–water partition coefficient (Wildman–Crippen LogP) is 2.82. The largest absolute Gasteiger partial charge is 0.497 e. The van der Waals surface area contributed by atoms with E-state index in [0.29, 0.717) is 23.8 Å². The van der Waals surface area contributed by atoms with Crippen LogP contribution in [0, 0.1) is 0 Å². The van der Waals surface area contributed by atoms with Gasteiger partial charge in [0.2, 0.25) is 10.0 Å². The Bertz CT molecular complexity index is 770. The third-order valence-electron chi connectivity index (χ3n) is 4.03. The zero-order chi connectivity index (χ0) is 16.4. The van der Waals surface area contributed by atoms with Crippen molar-refractivity contribution in [2.45, 2.75) is 23.8 Å². The molecule has 1 fully saturated rings. The topological polar surface area (TPSA) is 69.0 Å². The summed E-state index contributed by atoms with van der Waals surface area (Å²) in [6.07, 6.45) is 3.08. The van der Waals surface area contributed by atoms with Gasteiger partial charge in [-0.25, -0.2) is 8.42 Å². The average Bonchev–Trinajstić information content (AvgIpc) is 3.24. The molecule has 23 heavy (non-hydrogen) atoms. The minimum absolute atomic E-state index is 0.109. The van der Waals surface area contributed by atoms with E-state index in [2.05, 4.69) is 0 Å². The lowest BCUT2D eigenvalue weighted by atomic mass is 10.2. The normalized spacial score (nSPS) is 19.0. The van der Waals surface area contributed by atoms with Gasteiger partial charge in [0.05, 0.1) is 26.5 Å². The zero-order valence-corrected chi connectivity index (χ0v) is 13.9. The van der Waals surface area contributed by atoms with E-state index in [-0.39, 0.29) is 10.9 Å². The summed E-state index contributed by atoms with van der Waals surface area (Å²) in [4.78, 5) is 0.109. The SMILES string of the molecule is COc1ccc(OC)c(S(=O)(=O)N2CCCC2c2ccco2)c1. The fraction of sp³-hybridized carbons (Fsp3) is 0.375. The number of benzene rings is 1. The molecular formula is C16H19NO5S. The molecule has 0 amide bonds. The Labute approximate surface area is 135 Å². The second-order valence-corrected chi connectivity index (χ2v) is 7.16. The van der Waals surface area contributed by atoms with Crippen LogP contribution in [-0.2, 0) is 10.0 Å². The van der Waals surface area contributed by atoms with Crippen molar-refractivity contribution in [3.05, 3.63) is 42.4 Å². The Kier molecular flexibility index (Phi) is 4.32. The Morgan fingerprint density at radius 1 is 1.22 bits per heavy atom. The van der Waals surface area contributed by atoms with E-state index in [1.807, 2.05) is 0 Å². The highest BCUT2D eigenvalue weighted by atomic mass is 32.2. The molecule has 0 N–H and O–H groups in total. The van der Waals surface area contributed by atoms with Crippen molar-refractivity contribution in [1.82, 2.24) is 4.31 Å². The average molecular weight is 337 g/mol. The van der Waals surface area contributed by atoms with Crippen molar-refractivity contribution in [1.29, 1.82) is 0 Å². The molecule has 124 valence electrons. The number of hydrogen-bond donors (Lipinski definition) is 0. The fourth-order valence-corrected chi connectivity index (χ4v) is 4.74. The molecule has 2 heterocycles. The lowest BCUT2D eigenvalue weighted by Gasteiger charge is -2.23. The van der Waals surface area contributed by atoms with E-state index in [1.54, 1.807) is 30.5 Å². The van der Waals surface area contributed by atoms with Gasteiger partial charge >= 0.3 is 0 Å². The van der Waals surface area contributed by atoms with Gasteiger partial charge in [-0.1, -0.05) is 0 Å². The van der Waals surface area contributed by atoms with Crippen LogP contribution in [-0.4, -0.2) is 33.5 Å². The summed E-state index contributed by atoms with van der Waals surface area (Å²) < 4.78 is 43.6. The third kappa shape index (κ3) is 2.82. The standard InChI is InChI=1S/C16H19NO5S/c1-20-12-7-8-15(21-2)16(11-12)23(18,19)17-9-3-5-13(17)14-6-4-10-22-14/h4,6-8,10-11,13H,3,5,9H2,1-2H3. The highest BCUT2D eigenvalue weighted by Gasteiger charge is 2.39. The summed E-state index contributed by atoms with van der Waals surface area (Å²) in [6, 6.07) is 8.05. The first kappa shape index (κ1) is 15.9. The Morgan fingerprint density at radius 3 is 2.70 bits per heavy atom. The molecule has 1 aliphatic rings.